The van der Waals surface area contributed by atoms with Crippen molar-refractivity contribution < 1.29 is 37.0 Å². The van der Waals surface area contributed by atoms with Gasteiger partial charge < -0.3 is 0 Å². The van der Waals surface area contributed by atoms with E-state index in [-0.39, 0.29) is 39.9 Å². The predicted octanol–water partition coefficient (Wildman–Crippen LogP) is -0.342. The number of benzene rings is 2. The van der Waals surface area contributed by atoms with Crippen LogP contribution in [0.3, 0.4) is 0 Å². The van der Waals surface area contributed by atoms with Gasteiger partial charge in [-0.2, -0.15) is 0 Å². The molecule has 6 atom stereocenters. The quantitative estimate of drug-likeness (QED) is 0.334. The normalized spacial score (nSPS) is 32.4. The number of anilines is 1. The third-order valence-electron chi connectivity index (χ3n) is 8.34. The van der Waals surface area contributed by atoms with Crippen LogP contribution in [0.25, 0.3) is 0 Å². The summed E-state index contributed by atoms with van der Waals surface area (Å²) >= 11 is 6.60. The van der Waals surface area contributed by atoms with E-state index in [4.69, 9.17) is 16.3 Å². The third kappa shape index (κ3) is 5.14. The fourth-order valence-corrected chi connectivity index (χ4v) is 10.1. The average molecular weight is 577 g/mol. The van der Waals surface area contributed by atoms with Gasteiger partial charge in [-0.25, -0.2) is 0 Å². The minimum absolute atomic E-state index is 0.00409. The van der Waals surface area contributed by atoms with Gasteiger partial charge in [0.05, 0.1) is 0 Å². The second-order valence-electron chi connectivity index (χ2n) is 11.9. The van der Waals surface area contributed by atoms with E-state index in [0.717, 1.165) is 0 Å². The number of hydrogen-bond donors (Lipinski definition) is 3. The topological polar surface area (TPSA) is 95.9 Å². The summed E-state index contributed by atoms with van der Waals surface area (Å²) in [6.45, 7) is 1.53. The van der Waals surface area contributed by atoms with Gasteiger partial charge in [0.1, 0.15) is 0 Å². The van der Waals surface area contributed by atoms with Gasteiger partial charge in [-0.1, -0.05) is 0 Å². The van der Waals surface area contributed by atoms with Crippen LogP contribution in [0.5, 0.6) is 0 Å². The van der Waals surface area contributed by atoms with Crippen molar-refractivity contribution in [3.8, 4) is 0 Å². The van der Waals surface area contributed by atoms with Crippen molar-refractivity contribution in [2.24, 2.45) is 11.8 Å². The van der Waals surface area contributed by atoms with Crippen LogP contribution in [0.2, 0.25) is 10.2 Å². The second kappa shape index (κ2) is 10.3. The number of nitrogens with one attached hydrogen (secondary N) is 1. The van der Waals surface area contributed by atoms with Crippen molar-refractivity contribution in [2.75, 3.05) is 11.9 Å². The van der Waals surface area contributed by atoms with Gasteiger partial charge in [-0.05, 0) is 0 Å². The van der Waals surface area contributed by atoms with E-state index < -0.39 is 66.7 Å². The summed E-state index contributed by atoms with van der Waals surface area (Å²) < 4.78 is 60.8. The molecule has 1 aliphatic carbocycles. The Morgan fingerprint density at radius 2 is 1.87 bits per heavy atom. The molecule has 3 N–H and O–H groups in total. The van der Waals surface area contributed by atoms with Crippen LogP contribution in [0.1, 0.15) is 30.1 Å². The molecule has 2 aromatic rings. The molecule has 0 bridgehead atoms. The summed E-state index contributed by atoms with van der Waals surface area (Å²) in [5, 5.41) is 23.3. The van der Waals surface area contributed by atoms with Crippen LogP contribution in [-0.2, 0) is 14.0 Å². The van der Waals surface area contributed by atoms with Gasteiger partial charge in [-0.15, -0.1) is 0 Å². The minimum atomic E-state index is -3.29. The molecule has 2 aliphatic rings. The molecule has 1 amide bonds. The first kappa shape index (κ1) is 30.3. The van der Waals surface area contributed by atoms with Crippen molar-refractivity contribution >= 4 is 70.3 Å². The molecule has 204 valence electrons. The number of carbonyl (C=O) groups excluding carboxylic acids is 1. The third-order valence-corrected chi connectivity index (χ3v) is 12.0. The second-order valence-corrected chi connectivity index (χ2v) is 15.0. The van der Waals surface area contributed by atoms with Crippen molar-refractivity contribution in [3.05, 3.63) is 58.4 Å². The Hall–Kier alpha value is -1.66. The van der Waals surface area contributed by atoms with Gasteiger partial charge in [0.15, 0.2) is 0 Å². The van der Waals surface area contributed by atoms with Crippen LogP contribution in [0.4, 0.5) is 18.9 Å². The molecular formula is C23H28B5ClF3NO5S. The maximum atomic E-state index is 15.2. The van der Waals surface area contributed by atoms with E-state index >= 15 is 4.21 Å². The molecule has 1 heterocycles. The molecule has 1 fully saturated rings. The van der Waals surface area contributed by atoms with Gasteiger partial charge in [0.2, 0.25) is 0 Å². The van der Waals surface area contributed by atoms with E-state index in [2.05, 4.69) is 5.32 Å². The Morgan fingerprint density at radius 3 is 2.44 bits per heavy atom. The molecule has 39 heavy (non-hydrogen) atoms. The van der Waals surface area contributed by atoms with E-state index in [1.165, 1.54) is 24.6 Å². The molecule has 1 aliphatic heterocycles. The number of aliphatic hydroxyl groups excluding tert-OH is 1. The monoisotopic (exact) mass is 577 g/mol. The van der Waals surface area contributed by atoms with Gasteiger partial charge in [0, 0.05) is 0 Å². The summed E-state index contributed by atoms with van der Waals surface area (Å²) in [7, 11) is 4.38. The standard InChI is InChI=1S/C23H28B5ClF3NO5S/c1-21(25,26)17-8-22(36,9-34)7-12-19(24)38-28-39(37,23(12,17)27)16-4-10(2-3-13(16)29)20(35)33-11-5-14(30)18(32)15(31)6-11/h2-6,12,17,19,34,36H,7-9,24-27H2,1H3,(H,33,35)/t12-,17?,19?,22-,23+,39?/m0/s1. The molecular weight excluding hydrogens is 549 g/mol. The summed E-state index contributed by atoms with van der Waals surface area (Å²) in [6.07, 6.45) is 1.64. The van der Waals surface area contributed by atoms with E-state index in [1.54, 1.807) is 0 Å². The van der Waals surface area contributed by atoms with Crippen LogP contribution < -0.4 is 5.32 Å². The maximum absolute atomic E-state index is 15.2. The van der Waals surface area contributed by atoms with E-state index in [0.29, 0.717) is 12.1 Å². The Labute approximate surface area is 235 Å². The Bertz CT molecular complexity index is 1430. The first-order valence-corrected chi connectivity index (χ1v) is 14.6. The molecule has 0 aromatic heterocycles. The van der Waals surface area contributed by atoms with Gasteiger partial charge in [0.25, 0.3) is 0 Å². The molecule has 3 unspecified atom stereocenters. The van der Waals surface area contributed by atoms with Crippen LogP contribution >= 0.6 is 11.6 Å². The molecule has 0 spiro atoms. The zero-order valence-corrected chi connectivity index (χ0v) is 23.9. The van der Waals surface area contributed by atoms with Crippen molar-refractivity contribution in [1.29, 1.82) is 0 Å². The number of carbonyl (C=O) groups is 1. The predicted molar refractivity (Wildman–Crippen MR) is 156 cm³/mol. The number of hydrogen-bond acceptors (Lipinski definition) is 5. The zero-order chi connectivity index (χ0) is 29.1. The van der Waals surface area contributed by atoms with Crippen molar-refractivity contribution in [3.63, 3.8) is 0 Å². The molecule has 0 saturated heterocycles. The number of aliphatic hydroxyl groups is 2. The zero-order valence-electron chi connectivity index (χ0n) is 22.4. The van der Waals surface area contributed by atoms with E-state index in [9.17, 15) is 28.2 Å². The Morgan fingerprint density at radius 1 is 1.26 bits per heavy atom. The average Bonchev–Trinajstić information content (AvgIpc) is 2.85. The summed E-state index contributed by atoms with van der Waals surface area (Å²) in [5.41, 5.74) is -1.68. The van der Waals surface area contributed by atoms with Crippen molar-refractivity contribution in [2.45, 2.75) is 46.1 Å². The van der Waals surface area contributed by atoms with Crippen LogP contribution in [0.15, 0.2) is 35.2 Å². The fourth-order valence-electron chi connectivity index (χ4n) is 6.26. The fraction of sp³-hybridized carbons (Fsp3) is 0.435. The van der Waals surface area contributed by atoms with E-state index in [1.807, 2.05) is 38.3 Å². The summed E-state index contributed by atoms with van der Waals surface area (Å²) in [4.78, 5) is 13.2. The molecule has 0 radical (unpaired) electrons. The number of rotatable bonds is 5. The molecule has 6 nitrogen and oxygen atoms in total. The van der Waals surface area contributed by atoms with Crippen LogP contribution in [0, 0.1) is 29.3 Å². The number of fused-ring (bicyclic) bond motifs is 1. The van der Waals surface area contributed by atoms with Crippen molar-refractivity contribution in [1.82, 2.24) is 0 Å². The Balaban J connectivity index is 1.83. The summed E-state index contributed by atoms with van der Waals surface area (Å²) in [6, 6.07) is 5.03. The van der Waals surface area contributed by atoms with Crippen LogP contribution in [-0.4, -0.2) is 80.9 Å². The molecule has 1 saturated carbocycles. The molecule has 2 aromatic carbocycles. The first-order chi connectivity index (χ1) is 18.0. The first-order valence-electron chi connectivity index (χ1n) is 12.6. The van der Waals surface area contributed by atoms with Gasteiger partial charge in [-0.3, -0.25) is 0 Å². The number of halogens is 4. The molecule has 16 heteroatoms. The van der Waals surface area contributed by atoms with Gasteiger partial charge >= 0.3 is 236 Å². The SMILES string of the molecule is BC1OB=S(=O)(c2cc(C(=O)Nc3cc(F)c(F)c(F)c3)ccc2Cl)[C@@]2(B)C(C(B)(B)C)C[C@](O)(CO)C[C@@H]12. The Kier molecular flexibility index (Phi) is 8.02. The summed E-state index contributed by atoms with van der Waals surface area (Å²) in [5.74, 6) is -6.16. The number of amides is 1. The molecule has 4 rings (SSSR count).